The lowest BCUT2D eigenvalue weighted by Gasteiger charge is -2.32. The molecule has 0 spiro atoms. The molecule has 0 radical (unpaired) electrons. The van der Waals surface area contributed by atoms with Crippen LogP contribution in [0.3, 0.4) is 0 Å². The molecule has 1 saturated heterocycles. The van der Waals surface area contributed by atoms with E-state index in [9.17, 15) is 13.2 Å². The van der Waals surface area contributed by atoms with Gasteiger partial charge in [-0.15, -0.1) is 12.4 Å². The van der Waals surface area contributed by atoms with E-state index in [-0.39, 0.29) is 18.3 Å². The number of rotatable bonds is 3. The third-order valence-electron chi connectivity index (χ3n) is 4.19. The Labute approximate surface area is 144 Å². The highest BCUT2D eigenvalue weighted by molar-refractivity contribution is 5.85. The summed E-state index contributed by atoms with van der Waals surface area (Å²) in [5, 5.41) is 5.96. The molecule has 0 saturated carbocycles. The average Bonchev–Trinajstić information content (AvgIpc) is 2.97. The largest absolute Gasteiger partial charge is 0.435 e. The summed E-state index contributed by atoms with van der Waals surface area (Å²) in [4.78, 5) is 2.25. The number of aromatic nitrogens is 2. The lowest BCUT2D eigenvalue weighted by Crippen LogP contribution is -2.34. The van der Waals surface area contributed by atoms with Gasteiger partial charge in [0.2, 0.25) is 0 Å². The molecule has 0 aliphatic carbocycles. The zero-order chi connectivity index (χ0) is 16.4. The number of H-pyrrole nitrogens is 1. The van der Waals surface area contributed by atoms with E-state index in [0.717, 1.165) is 43.2 Å². The minimum absolute atomic E-state index is 0. The topological polar surface area (TPSA) is 57.9 Å². The number of benzene rings is 1. The van der Waals surface area contributed by atoms with E-state index in [2.05, 4.69) is 15.1 Å². The number of nitrogens with one attached hydrogen (secondary N) is 1. The number of nitrogens with two attached hydrogens (primary N) is 1. The first-order valence-electron chi connectivity index (χ1n) is 7.61. The third-order valence-corrected chi connectivity index (χ3v) is 4.19. The minimum Gasteiger partial charge on any atom is -0.399 e. The van der Waals surface area contributed by atoms with Crippen molar-refractivity contribution >= 4 is 18.1 Å². The van der Waals surface area contributed by atoms with Gasteiger partial charge < -0.3 is 5.73 Å². The van der Waals surface area contributed by atoms with Crippen LogP contribution in [0.4, 0.5) is 18.9 Å². The normalized spacial score (nSPS) is 19.0. The van der Waals surface area contributed by atoms with Gasteiger partial charge in [0, 0.05) is 30.4 Å². The number of anilines is 1. The molecule has 0 amide bonds. The van der Waals surface area contributed by atoms with Crippen LogP contribution in [0.5, 0.6) is 0 Å². The van der Waals surface area contributed by atoms with E-state index in [1.54, 1.807) is 0 Å². The molecular formula is C16H20ClF3N4. The van der Waals surface area contributed by atoms with Crippen molar-refractivity contribution in [2.24, 2.45) is 0 Å². The minimum atomic E-state index is -4.40. The molecule has 3 rings (SSSR count). The molecular weight excluding hydrogens is 341 g/mol. The van der Waals surface area contributed by atoms with E-state index in [0.29, 0.717) is 12.2 Å². The molecule has 0 bridgehead atoms. The molecule has 2 heterocycles. The smallest absolute Gasteiger partial charge is 0.399 e. The van der Waals surface area contributed by atoms with Crippen molar-refractivity contribution in [1.82, 2.24) is 15.1 Å². The average molecular weight is 361 g/mol. The summed E-state index contributed by atoms with van der Waals surface area (Å²) >= 11 is 0. The maximum Gasteiger partial charge on any atom is 0.435 e. The zero-order valence-corrected chi connectivity index (χ0v) is 13.8. The number of nitrogens with zero attached hydrogens (tertiary/aromatic N) is 2. The van der Waals surface area contributed by atoms with Gasteiger partial charge in [-0.1, -0.05) is 12.1 Å². The van der Waals surface area contributed by atoms with Crippen LogP contribution in [0.15, 0.2) is 30.3 Å². The number of halogens is 4. The predicted octanol–water partition coefficient (Wildman–Crippen LogP) is 3.81. The fourth-order valence-electron chi connectivity index (χ4n) is 3.09. The van der Waals surface area contributed by atoms with Crippen LogP contribution in [0, 0.1) is 0 Å². The molecule has 1 unspecified atom stereocenters. The predicted molar refractivity (Wildman–Crippen MR) is 88.9 cm³/mol. The molecule has 1 aromatic carbocycles. The maximum absolute atomic E-state index is 12.7. The number of aromatic amines is 1. The highest BCUT2D eigenvalue weighted by Crippen LogP contribution is 2.32. The van der Waals surface area contributed by atoms with Crippen molar-refractivity contribution in [2.75, 3.05) is 18.8 Å². The highest BCUT2D eigenvalue weighted by atomic mass is 35.5. The van der Waals surface area contributed by atoms with Crippen LogP contribution in [0.1, 0.15) is 35.7 Å². The molecule has 1 aromatic heterocycles. The second-order valence-corrected chi connectivity index (χ2v) is 6.03. The summed E-state index contributed by atoms with van der Waals surface area (Å²) in [5.74, 6) is 0.0495. The van der Waals surface area contributed by atoms with Crippen molar-refractivity contribution < 1.29 is 13.2 Å². The van der Waals surface area contributed by atoms with Crippen molar-refractivity contribution in [3.63, 3.8) is 0 Å². The van der Waals surface area contributed by atoms with Crippen LogP contribution < -0.4 is 5.73 Å². The quantitative estimate of drug-likeness (QED) is 0.818. The maximum atomic E-state index is 12.7. The van der Waals surface area contributed by atoms with Crippen LogP contribution in [-0.2, 0) is 12.7 Å². The second-order valence-electron chi connectivity index (χ2n) is 6.03. The van der Waals surface area contributed by atoms with Gasteiger partial charge in [0.05, 0.1) is 0 Å². The van der Waals surface area contributed by atoms with Gasteiger partial charge in [0.15, 0.2) is 5.69 Å². The Kier molecular flexibility index (Phi) is 5.77. The van der Waals surface area contributed by atoms with Gasteiger partial charge in [-0.25, -0.2) is 0 Å². The lowest BCUT2D eigenvalue weighted by molar-refractivity contribution is -0.141. The van der Waals surface area contributed by atoms with Crippen molar-refractivity contribution in [2.45, 2.75) is 31.5 Å². The Morgan fingerprint density at radius 3 is 2.75 bits per heavy atom. The fourth-order valence-corrected chi connectivity index (χ4v) is 3.09. The summed E-state index contributed by atoms with van der Waals surface area (Å²) in [6.07, 6.45) is -2.58. The first kappa shape index (κ1) is 18.6. The number of nitrogen functional groups attached to an aromatic ring is 1. The van der Waals surface area contributed by atoms with Crippen LogP contribution in [-0.4, -0.2) is 28.2 Å². The Morgan fingerprint density at radius 1 is 1.29 bits per heavy atom. The van der Waals surface area contributed by atoms with E-state index in [1.165, 1.54) is 0 Å². The molecule has 1 aliphatic heterocycles. The molecule has 2 aromatic rings. The number of alkyl halides is 3. The van der Waals surface area contributed by atoms with E-state index in [1.807, 2.05) is 24.3 Å². The van der Waals surface area contributed by atoms with E-state index in [4.69, 9.17) is 5.73 Å². The van der Waals surface area contributed by atoms with E-state index >= 15 is 0 Å². The van der Waals surface area contributed by atoms with E-state index < -0.39 is 11.9 Å². The Balaban J connectivity index is 0.00000208. The highest BCUT2D eigenvalue weighted by Gasteiger charge is 2.35. The molecule has 3 N–H and O–H groups in total. The number of hydrogen-bond donors (Lipinski definition) is 2. The number of hydrogen-bond acceptors (Lipinski definition) is 3. The molecule has 1 atom stereocenters. The molecule has 4 nitrogen and oxygen atoms in total. The zero-order valence-electron chi connectivity index (χ0n) is 13.0. The summed E-state index contributed by atoms with van der Waals surface area (Å²) in [6.45, 7) is 2.40. The van der Waals surface area contributed by atoms with Crippen molar-refractivity contribution in [1.29, 1.82) is 0 Å². The van der Waals surface area contributed by atoms with Crippen molar-refractivity contribution in [3.8, 4) is 0 Å². The first-order chi connectivity index (χ1) is 10.9. The summed E-state index contributed by atoms with van der Waals surface area (Å²) in [7, 11) is 0. The summed E-state index contributed by atoms with van der Waals surface area (Å²) < 4.78 is 38.0. The monoisotopic (exact) mass is 360 g/mol. The molecule has 8 heteroatoms. The Morgan fingerprint density at radius 2 is 2.08 bits per heavy atom. The Bertz CT molecular complexity index is 671. The van der Waals surface area contributed by atoms with Gasteiger partial charge in [-0.3, -0.25) is 10.00 Å². The molecule has 1 fully saturated rings. The SMILES string of the molecule is Cl.Nc1cccc(CN2CCCC(c3cc(C(F)(F)F)n[nH]3)C2)c1. The fraction of sp³-hybridized carbons (Fsp3) is 0.438. The first-order valence-corrected chi connectivity index (χ1v) is 7.61. The van der Waals surface area contributed by atoms with Gasteiger partial charge >= 0.3 is 6.18 Å². The second kappa shape index (κ2) is 7.44. The molecule has 1 aliphatic rings. The lowest BCUT2D eigenvalue weighted by atomic mass is 9.94. The van der Waals surface area contributed by atoms with Crippen LogP contribution in [0.2, 0.25) is 0 Å². The molecule has 132 valence electrons. The van der Waals surface area contributed by atoms with Gasteiger partial charge in [-0.05, 0) is 43.1 Å². The van der Waals surface area contributed by atoms with Gasteiger partial charge in [-0.2, -0.15) is 18.3 Å². The van der Waals surface area contributed by atoms with Gasteiger partial charge in [0.25, 0.3) is 0 Å². The third kappa shape index (κ3) is 4.42. The molecule has 24 heavy (non-hydrogen) atoms. The summed E-state index contributed by atoms with van der Waals surface area (Å²) in [5.41, 5.74) is 7.34. The Hall–Kier alpha value is -1.73. The van der Waals surface area contributed by atoms with Crippen LogP contribution >= 0.6 is 12.4 Å². The number of likely N-dealkylation sites (tertiary alicyclic amines) is 1. The van der Waals surface area contributed by atoms with Crippen molar-refractivity contribution in [3.05, 3.63) is 47.3 Å². The van der Waals surface area contributed by atoms with Crippen LogP contribution in [0.25, 0.3) is 0 Å². The van der Waals surface area contributed by atoms with Gasteiger partial charge in [0.1, 0.15) is 0 Å². The number of piperidine rings is 1. The standard InChI is InChI=1S/C16H19F3N4.ClH/c17-16(18,19)15-8-14(21-22-15)12-4-2-6-23(10-12)9-11-3-1-5-13(20)7-11;/h1,3,5,7-8,12H,2,4,6,9-10,20H2,(H,21,22);1H. The summed E-state index contributed by atoms with van der Waals surface area (Å²) in [6, 6.07) is 8.83.